The summed E-state index contributed by atoms with van der Waals surface area (Å²) in [5, 5.41) is 10.8. The van der Waals surface area contributed by atoms with E-state index in [1.165, 1.54) is 7.05 Å². The highest BCUT2D eigenvalue weighted by Crippen LogP contribution is 2.07. The number of hydrazine groups is 1. The number of nitro groups is 1. The van der Waals surface area contributed by atoms with Gasteiger partial charge in [-0.25, -0.2) is 14.7 Å². The zero-order chi connectivity index (χ0) is 9.14. The first kappa shape index (κ1) is 11.8. The van der Waals surface area contributed by atoms with E-state index in [-0.39, 0.29) is 17.0 Å². The van der Waals surface area contributed by atoms with Crippen molar-refractivity contribution in [2.24, 2.45) is 7.05 Å². The molecule has 0 aliphatic carbocycles. The smallest absolute Gasteiger partial charge is 0.170 e. The summed E-state index contributed by atoms with van der Waals surface area (Å²) in [7, 11) is 3.27. The van der Waals surface area contributed by atoms with Crippen LogP contribution in [0, 0.1) is 10.1 Å². The summed E-state index contributed by atoms with van der Waals surface area (Å²) in [4.78, 5) is 10.3. The molecule has 0 radical (unpaired) electrons. The summed E-state index contributed by atoms with van der Waals surface area (Å²) in [6.45, 7) is 0. The number of hydrogen-bond donors (Lipinski definition) is 0. The van der Waals surface area contributed by atoms with Gasteiger partial charge in [0.2, 0.25) is 0 Å². The Labute approximate surface area is 86.5 Å². The van der Waals surface area contributed by atoms with Crippen LogP contribution in [-0.2, 0) is 7.05 Å². The molecule has 0 amide bonds. The molecule has 0 saturated carbocycles. The predicted octanol–water partition coefficient (Wildman–Crippen LogP) is -2.86. The van der Waals surface area contributed by atoms with Gasteiger partial charge in [-0.3, -0.25) is 0 Å². The summed E-state index contributed by atoms with van der Waals surface area (Å²) in [5.74, 6) is 0. The fourth-order valence-corrected chi connectivity index (χ4v) is 0.803. The molecule has 1 rings (SSSR count). The van der Waals surface area contributed by atoms with Gasteiger partial charge in [0.25, 0.3) is 0 Å². The molecule has 6 heteroatoms. The number of nitrogens with zero attached hydrogens (tertiary/aromatic N) is 3. The molecule has 0 aliphatic heterocycles. The molecule has 72 valence electrons. The Morgan fingerprint density at radius 1 is 1.46 bits per heavy atom. The highest BCUT2D eigenvalue weighted by molar-refractivity contribution is 5.39. The molecule has 13 heavy (non-hydrogen) atoms. The normalized spacial score (nSPS) is 8.77. The third-order valence-corrected chi connectivity index (χ3v) is 1.58. The molecule has 0 unspecified atom stereocenters. The average Bonchev–Trinajstić information content (AvgIpc) is 2.04. The van der Waals surface area contributed by atoms with Crippen LogP contribution in [0.3, 0.4) is 0 Å². The van der Waals surface area contributed by atoms with Gasteiger partial charge >= 0.3 is 0 Å². The first-order chi connectivity index (χ1) is 5.61. The lowest BCUT2D eigenvalue weighted by atomic mass is 10.4. The molecule has 1 heterocycles. The molecule has 1 aromatic rings. The van der Waals surface area contributed by atoms with Crippen molar-refractivity contribution in [3.63, 3.8) is 0 Å². The lowest BCUT2D eigenvalue weighted by Crippen LogP contribution is -3.00. The number of halogens is 1. The van der Waals surface area contributed by atoms with E-state index in [0.717, 1.165) is 5.01 Å². The number of hydrogen-bond acceptors (Lipinski definition) is 2. The van der Waals surface area contributed by atoms with Crippen molar-refractivity contribution >= 4 is 5.69 Å². The van der Waals surface area contributed by atoms with Gasteiger partial charge in [-0.1, -0.05) is 5.01 Å². The van der Waals surface area contributed by atoms with Crippen LogP contribution >= 0.6 is 0 Å². The van der Waals surface area contributed by atoms with Gasteiger partial charge in [0.15, 0.2) is 17.4 Å². The zero-order valence-corrected chi connectivity index (χ0v) is 8.93. The first-order valence-electron chi connectivity index (χ1n) is 3.44. The predicted molar refractivity (Wildman–Crippen MR) is 43.0 cm³/mol. The van der Waals surface area contributed by atoms with Crippen LogP contribution in [0.1, 0.15) is 0 Å². The Kier molecular flexibility index (Phi) is 4.33. The highest BCUT2D eigenvalue weighted by Gasteiger charge is 2.10. The number of aromatic nitrogens is 1. The molecule has 0 N–H and O–H groups in total. The molecule has 0 saturated heterocycles. The topological polar surface area (TPSA) is 50.3 Å². The highest BCUT2D eigenvalue weighted by atomic mass is 79.9. The second-order valence-electron chi connectivity index (χ2n) is 2.48. The van der Waals surface area contributed by atoms with Crippen LogP contribution in [0.25, 0.3) is 0 Å². The number of anilines is 1. The van der Waals surface area contributed by atoms with E-state index in [2.05, 4.69) is 0 Å². The van der Waals surface area contributed by atoms with Gasteiger partial charge in [-0.2, -0.15) is 0 Å². The third-order valence-electron chi connectivity index (χ3n) is 1.58. The third kappa shape index (κ3) is 2.98. The van der Waals surface area contributed by atoms with Gasteiger partial charge in [0.05, 0.1) is 7.05 Å². The lowest BCUT2D eigenvalue weighted by Gasteiger charge is -2.05. The van der Waals surface area contributed by atoms with Crippen LogP contribution in [0.4, 0.5) is 5.69 Å². The van der Waals surface area contributed by atoms with Crippen molar-refractivity contribution in [3.8, 4) is 0 Å². The Morgan fingerprint density at radius 2 is 1.92 bits per heavy atom. The van der Waals surface area contributed by atoms with Crippen molar-refractivity contribution in [1.82, 2.24) is 0 Å². The van der Waals surface area contributed by atoms with Gasteiger partial charge in [0.1, 0.15) is 12.7 Å². The van der Waals surface area contributed by atoms with Gasteiger partial charge in [-0.05, 0) is 0 Å². The zero-order valence-electron chi connectivity index (χ0n) is 7.35. The average molecular weight is 248 g/mol. The van der Waals surface area contributed by atoms with Crippen LogP contribution in [0.5, 0.6) is 0 Å². The van der Waals surface area contributed by atoms with Crippen LogP contribution < -0.4 is 26.6 Å². The summed E-state index contributed by atoms with van der Waals surface area (Å²) in [6, 6.07) is 3.37. The Hall–Kier alpha value is -1.17. The van der Waals surface area contributed by atoms with Gasteiger partial charge < -0.3 is 17.0 Å². The van der Waals surface area contributed by atoms with E-state index in [9.17, 15) is 10.1 Å². The minimum absolute atomic E-state index is 0. The van der Waals surface area contributed by atoms with E-state index >= 15 is 0 Å². The number of aryl methyl sites for hydroxylation is 1. The minimum Gasteiger partial charge on any atom is -1.00 e. The fourth-order valence-electron chi connectivity index (χ4n) is 0.803. The number of rotatable bonds is 2. The van der Waals surface area contributed by atoms with Crippen molar-refractivity contribution in [2.45, 2.75) is 0 Å². The molecule has 0 atom stereocenters. The molecular formula is C7H10BrN3O2. The molecule has 0 aromatic carbocycles. The molecular weight excluding hydrogens is 238 g/mol. The maximum atomic E-state index is 10.3. The quantitative estimate of drug-likeness (QED) is 0.321. The van der Waals surface area contributed by atoms with E-state index in [1.807, 2.05) is 11.6 Å². The molecule has 5 nitrogen and oxygen atoms in total. The first-order valence-corrected chi connectivity index (χ1v) is 3.44. The molecule has 0 bridgehead atoms. The van der Waals surface area contributed by atoms with Crippen molar-refractivity contribution in [2.75, 3.05) is 12.1 Å². The monoisotopic (exact) mass is 247 g/mol. The van der Waals surface area contributed by atoms with Crippen LogP contribution in [0.15, 0.2) is 24.5 Å². The fraction of sp³-hybridized carbons (Fsp3) is 0.286. The van der Waals surface area contributed by atoms with Gasteiger partial charge in [-0.15, -0.1) is 0 Å². The van der Waals surface area contributed by atoms with Crippen LogP contribution in [-0.4, -0.2) is 12.1 Å². The second kappa shape index (κ2) is 4.76. The summed E-state index contributed by atoms with van der Waals surface area (Å²) >= 11 is 0. The molecule has 0 spiro atoms. The van der Waals surface area contributed by atoms with Gasteiger partial charge in [0, 0.05) is 12.1 Å². The maximum absolute atomic E-state index is 10.3. The lowest BCUT2D eigenvalue weighted by molar-refractivity contribution is -0.671. The van der Waals surface area contributed by atoms with E-state index in [1.54, 1.807) is 24.5 Å². The minimum atomic E-state index is -0.463. The molecule has 0 fully saturated rings. The largest absolute Gasteiger partial charge is 1.00 e. The standard InChI is InChI=1S/C7H10N3O2.BrH/c1-8-5-3-7(4-6-8)9(2)10(11)12;/h3-6H,1-2H3;1H/q+1;/p-1. The second-order valence-corrected chi connectivity index (χ2v) is 2.48. The van der Waals surface area contributed by atoms with E-state index in [0.29, 0.717) is 5.69 Å². The van der Waals surface area contributed by atoms with Crippen LogP contribution in [0.2, 0.25) is 0 Å². The SMILES string of the molecule is CN(c1cc[n+](C)cc1)[N+](=O)[O-].[Br-]. The van der Waals surface area contributed by atoms with E-state index < -0.39 is 5.03 Å². The summed E-state index contributed by atoms with van der Waals surface area (Å²) < 4.78 is 1.82. The molecule has 1 aromatic heterocycles. The summed E-state index contributed by atoms with van der Waals surface area (Å²) in [6.07, 6.45) is 3.52. The Balaban J connectivity index is 0.00000144. The maximum Gasteiger partial charge on any atom is 0.170 e. The molecule has 0 aliphatic rings. The Morgan fingerprint density at radius 3 is 2.31 bits per heavy atom. The van der Waals surface area contributed by atoms with E-state index in [4.69, 9.17) is 0 Å². The summed E-state index contributed by atoms with van der Waals surface area (Å²) in [5.41, 5.74) is 0.568. The van der Waals surface area contributed by atoms with Crippen molar-refractivity contribution in [3.05, 3.63) is 34.6 Å². The Bertz CT molecular complexity index is 288. The van der Waals surface area contributed by atoms with Crippen molar-refractivity contribution in [1.29, 1.82) is 0 Å². The van der Waals surface area contributed by atoms with Crippen molar-refractivity contribution < 1.29 is 26.6 Å². The number of pyridine rings is 1.